The van der Waals surface area contributed by atoms with Crippen molar-refractivity contribution >= 4 is 90.1 Å². The second-order valence-electron chi connectivity index (χ2n) is 19.0. The van der Waals surface area contributed by atoms with E-state index in [-0.39, 0.29) is 0 Å². The van der Waals surface area contributed by atoms with Crippen molar-refractivity contribution in [1.29, 1.82) is 0 Å². The maximum absolute atomic E-state index is 5.46. The van der Waals surface area contributed by atoms with Crippen LogP contribution >= 0.6 is 0 Å². The minimum atomic E-state index is 0.813. The van der Waals surface area contributed by atoms with Crippen molar-refractivity contribution in [3.8, 4) is 22.5 Å². The lowest BCUT2D eigenvalue weighted by Gasteiger charge is -2.29. The van der Waals surface area contributed by atoms with Crippen molar-refractivity contribution in [2.24, 2.45) is 0 Å². The third-order valence-electron chi connectivity index (χ3n) is 14.2. The van der Waals surface area contributed by atoms with E-state index in [1.165, 1.54) is 0 Å². The van der Waals surface area contributed by atoms with Crippen molar-refractivity contribution < 1.29 is 0 Å². The van der Waals surface area contributed by atoms with E-state index in [1.54, 1.807) is 0 Å². The molecule has 6 heteroatoms. The van der Waals surface area contributed by atoms with Gasteiger partial charge in [0.2, 0.25) is 0 Å². The molecule has 0 saturated carbocycles. The van der Waals surface area contributed by atoms with Crippen molar-refractivity contribution in [2.75, 3.05) is 19.6 Å². The summed E-state index contributed by atoms with van der Waals surface area (Å²) in [7, 11) is 0. The van der Waals surface area contributed by atoms with Gasteiger partial charge in [-0.25, -0.2) is 9.97 Å². The fourth-order valence-electron chi connectivity index (χ4n) is 10.6. The molecule has 0 unspecified atom stereocenters. The van der Waals surface area contributed by atoms with Gasteiger partial charge in [-0.3, -0.25) is 0 Å². The molecular formula is C72H52N6. The summed E-state index contributed by atoms with van der Waals surface area (Å²) in [6.07, 6.45) is 0. The molecule has 0 bridgehead atoms. The molecule has 1 heterocycles. The first kappa shape index (κ1) is 47.2. The summed E-state index contributed by atoms with van der Waals surface area (Å²) in [6, 6.07) is 111. The molecule has 6 nitrogen and oxygen atoms in total. The first-order valence-electron chi connectivity index (χ1n) is 26.3. The van der Waals surface area contributed by atoms with Crippen LogP contribution in [-0.2, 0) is 0 Å². The summed E-state index contributed by atoms with van der Waals surface area (Å²) in [5, 5.41) is 2.17. The van der Waals surface area contributed by atoms with Gasteiger partial charge in [-0.2, -0.15) is 0 Å². The van der Waals surface area contributed by atoms with Gasteiger partial charge in [0.25, 0.3) is 0 Å². The maximum atomic E-state index is 5.46. The molecule has 0 spiro atoms. The topological polar surface area (TPSA) is 38.7 Å². The lowest BCUT2D eigenvalue weighted by atomic mass is 9.96. The molecule has 0 aliphatic rings. The Hall–Kier alpha value is -10.6. The molecule has 0 aliphatic carbocycles. The quantitative estimate of drug-likeness (QED) is 0.108. The molecule has 0 aliphatic heterocycles. The molecule has 0 N–H and O–H groups in total. The van der Waals surface area contributed by atoms with Crippen LogP contribution in [0.4, 0.5) is 68.2 Å². The Labute approximate surface area is 455 Å². The second kappa shape index (κ2) is 21.4. The summed E-state index contributed by atoms with van der Waals surface area (Å²) in [6.45, 7) is 0. The van der Waals surface area contributed by atoms with Crippen molar-refractivity contribution in [2.45, 2.75) is 0 Å². The molecule has 13 aromatic rings. The van der Waals surface area contributed by atoms with Crippen LogP contribution in [0, 0.1) is 0 Å². The van der Waals surface area contributed by atoms with Gasteiger partial charge in [-0.05, 0) is 157 Å². The van der Waals surface area contributed by atoms with Crippen LogP contribution in [0.2, 0.25) is 0 Å². The van der Waals surface area contributed by atoms with Gasteiger partial charge in [0.15, 0.2) is 0 Å². The molecule has 12 aromatic carbocycles. The molecule has 13 rings (SSSR count). The normalized spacial score (nSPS) is 11.1. The first-order chi connectivity index (χ1) is 38.7. The van der Waals surface area contributed by atoms with E-state index >= 15 is 0 Å². The van der Waals surface area contributed by atoms with Gasteiger partial charge < -0.3 is 19.6 Å². The Kier molecular flexibility index (Phi) is 12.9. The molecule has 0 radical (unpaired) electrons. The number of fused-ring (bicyclic) bond motifs is 2. The Morgan fingerprint density at radius 1 is 0.192 bits per heavy atom. The fourth-order valence-corrected chi connectivity index (χ4v) is 10.6. The number of hydrogen-bond acceptors (Lipinski definition) is 6. The van der Waals surface area contributed by atoms with E-state index in [2.05, 4.69) is 317 Å². The van der Waals surface area contributed by atoms with E-state index < -0.39 is 0 Å². The number of nitrogens with zero attached hydrogens (tertiary/aromatic N) is 6. The molecule has 0 atom stereocenters. The van der Waals surface area contributed by atoms with Gasteiger partial charge in [0.1, 0.15) is 0 Å². The van der Waals surface area contributed by atoms with Crippen LogP contribution in [0.5, 0.6) is 0 Å². The summed E-state index contributed by atoms with van der Waals surface area (Å²) in [5.41, 5.74) is 18.1. The minimum Gasteiger partial charge on any atom is -0.311 e. The fraction of sp³-hybridized carbons (Fsp3) is 0. The lowest BCUT2D eigenvalue weighted by Crippen LogP contribution is -2.12. The molecular weight excluding hydrogens is 949 g/mol. The highest BCUT2D eigenvalue weighted by atomic mass is 15.2. The zero-order valence-corrected chi connectivity index (χ0v) is 42.7. The Balaban J connectivity index is 0.888. The predicted molar refractivity (Wildman–Crippen MR) is 327 cm³/mol. The van der Waals surface area contributed by atoms with Crippen LogP contribution in [0.25, 0.3) is 44.3 Å². The second-order valence-corrected chi connectivity index (χ2v) is 19.0. The zero-order valence-electron chi connectivity index (χ0n) is 42.7. The number of rotatable bonds is 14. The number of hydrogen-bond donors (Lipinski definition) is 0. The predicted octanol–water partition coefficient (Wildman–Crippen LogP) is 20.0. The summed E-state index contributed by atoms with van der Waals surface area (Å²) < 4.78 is 0. The van der Waals surface area contributed by atoms with Crippen LogP contribution in [-0.4, -0.2) is 9.97 Å². The third kappa shape index (κ3) is 9.35. The van der Waals surface area contributed by atoms with Crippen molar-refractivity contribution in [1.82, 2.24) is 9.97 Å². The van der Waals surface area contributed by atoms with Gasteiger partial charge in [0, 0.05) is 79.1 Å². The minimum absolute atomic E-state index is 0.813. The largest absolute Gasteiger partial charge is 0.311 e. The van der Waals surface area contributed by atoms with E-state index in [9.17, 15) is 0 Å². The maximum Gasteiger partial charge on any atom is 0.0979 e. The van der Waals surface area contributed by atoms with Crippen LogP contribution in [0.3, 0.4) is 0 Å². The number of aromatic nitrogens is 2. The number of anilines is 12. The van der Waals surface area contributed by atoms with E-state index in [1.807, 2.05) is 18.2 Å². The smallest absolute Gasteiger partial charge is 0.0979 e. The average Bonchev–Trinajstić information content (AvgIpc) is 3.55. The Morgan fingerprint density at radius 3 is 0.859 bits per heavy atom. The van der Waals surface area contributed by atoms with Crippen LogP contribution in [0.1, 0.15) is 0 Å². The first-order valence-corrected chi connectivity index (χ1v) is 26.3. The molecule has 1 aromatic heterocycles. The van der Waals surface area contributed by atoms with Crippen LogP contribution in [0.15, 0.2) is 315 Å². The van der Waals surface area contributed by atoms with E-state index in [4.69, 9.17) is 9.97 Å². The number of benzene rings is 12. The average molecular weight is 1000 g/mol. The molecule has 370 valence electrons. The van der Waals surface area contributed by atoms with E-state index in [0.717, 1.165) is 113 Å². The standard InChI is InChI=1S/C72H52N6/c1-7-23-54(24-8-1)75(55-25-9-2-10-26-55)61-45-47-63(48-46-61)77(58-31-15-5-16-32-58)60-43-41-53(42-44-60)71-72(74-69-39-20-19-38-68(69)73-71)67-37-21-36-66-65(67)35-22-40-70(66)78(59-33-17-6-18-34-59)64-51-49-62(50-52-64)76(56-27-11-3-12-28-56)57-29-13-4-14-30-57/h1-52H. The summed E-state index contributed by atoms with van der Waals surface area (Å²) in [5.74, 6) is 0. The zero-order chi connectivity index (χ0) is 52.0. The van der Waals surface area contributed by atoms with Gasteiger partial charge >= 0.3 is 0 Å². The monoisotopic (exact) mass is 1000 g/mol. The Morgan fingerprint density at radius 2 is 0.474 bits per heavy atom. The summed E-state index contributed by atoms with van der Waals surface area (Å²) >= 11 is 0. The van der Waals surface area contributed by atoms with Gasteiger partial charge in [0.05, 0.1) is 28.1 Å². The summed E-state index contributed by atoms with van der Waals surface area (Å²) in [4.78, 5) is 20.1. The van der Waals surface area contributed by atoms with E-state index in [0.29, 0.717) is 0 Å². The lowest BCUT2D eigenvalue weighted by molar-refractivity contribution is 1.25. The highest BCUT2D eigenvalue weighted by Crippen LogP contribution is 2.45. The van der Waals surface area contributed by atoms with Crippen molar-refractivity contribution in [3.63, 3.8) is 0 Å². The third-order valence-corrected chi connectivity index (χ3v) is 14.2. The molecule has 0 fully saturated rings. The van der Waals surface area contributed by atoms with Gasteiger partial charge in [-0.15, -0.1) is 0 Å². The number of para-hydroxylation sites is 8. The highest BCUT2D eigenvalue weighted by molar-refractivity contribution is 6.07. The van der Waals surface area contributed by atoms with Crippen molar-refractivity contribution in [3.05, 3.63) is 315 Å². The van der Waals surface area contributed by atoms with Gasteiger partial charge in [-0.1, -0.05) is 164 Å². The molecule has 0 saturated heterocycles. The molecule has 0 amide bonds. The van der Waals surface area contributed by atoms with Crippen LogP contribution < -0.4 is 19.6 Å². The molecule has 78 heavy (non-hydrogen) atoms. The SMILES string of the molecule is c1ccc(N(c2ccccc2)c2ccc(N(c3ccccc3)c3ccc(-c4nc5ccccc5nc4-c4cccc5c(N(c6ccccc6)c6ccc(N(c7ccccc7)c7ccccc7)cc6)cccc45)cc3)cc2)cc1. The highest BCUT2D eigenvalue weighted by Gasteiger charge is 2.22. The Bertz CT molecular complexity index is 4030.